The van der Waals surface area contributed by atoms with Crippen molar-refractivity contribution in [3.8, 4) is 28.6 Å². The molecule has 0 unspecified atom stereocenters. The molecule has 1 aromatic heterocycles. The molecule has 1 fully saturated rings. The highest BCUT2D eigenvalue weighted by Gasteiger charge is 2.31. The molecule has 3 aromatic carbocycles. The maximum absolute atomic E-state index is 12.8. The van der Waals surface area contributed by atoms with Crippen molar-refractivity contribution in [2.45, 2.75) is 19.7 Å². The Kier molecular flexibility index (Phi) is 8.06. The van der Waals surface area contributed by atoms with Gasteiger partial charge >= 0.3 is 6.36 Å². The summed E-state index contributed by atoms with van der Waals surface area (Å²) in [6.07, 6.45) is -1.29. The SMILES string of the molecule is COc1ccc(N2C(=O)CCSC2=NN=Cc2ccc(-c3ncn(-c4ccc(OC(F)(F)F)cc4)n3)cc2)c(C)c1. The average Bonchev–Trinajstić information content (AvgIpc) is 3.44. The molecule has 13 heteroatoms. The predicted octanol–water partition coefficient (Wildman–Crippen LogP) is 6.01. The van der Waals surface area contributed by atoms with Gasteiger partial charge < -0.3 is 9.47 Å². The number of nitrogens with zero attached hydrogens (tertiary/aromatic N) is 6. The lowest BCUT2D eigenvalue weighted by Gasteiger charge is -2.28. The third-order valence-electron chi connectivity index (χ3n) is 5.98. The van der Waals surface area contributed by atoms with E-state index < -0.39 is 6.36 Å². The van der Waals surface area contributed by atoms with Crippen molar-refractivity contribution < 1.29 is 27.4 Å². The summed E-state index contributed by atoms with van der Waals surface area (Å²) in [4.78, 5) is 18.6. The minimum absolute atomic E-state index is 0.0483. The minimum Gasteiger partial charge on any atom is -0.497 e. The Labute approximate surface area is 237 Å². The molecule has 5 rings (SSSR count). The Hall–Kier alpha value is -4.65. The lowest BCUT2D eigenvalue weighted by Crippen LogP contribution is -2.39. The lowest BCUT2D eigenvalue weighted by molar-refractivity contribution is -0.274. The Morgan fingerprint density at radius 3 is 2.44 bits per heavy atom. The van der Waals surface area contributed by atoms with Gasteiger partial charge in [-0.15, -0.1) is 23.4 Å². The highest BCUT2D eigenvalue weighted by molar-refractivity contribution is 8.14. The largest absolute Gasteiger partial charge is 0.573 e. The molecule has 4 aromatic rings. The van der Waals surface area contributed by atoms with Gasteiger partial charge in [0.25, 0.3) is 0 Å². The van der Waals surface area contributed by atoms with E-state index in [1.165, 1.54) is 47.0 Å². The van der Waals surface area contributed by atoms with E-state index >= 15 is 0 Å². The number of methoxy groups -OCH3 is 1. The first-order chi connectivity index (χ1) is 19.7. The second kappa shape index (κ2) is 11.8. The summed E-state index contributed by atoms with van der Waals surface area (Å²) in [5.41, 5.74) is 3.66. The van der Waals surface area contributed by atoms with Gasteiger partial charge in [-0.3, -0.25) is 9.69 Å². The van der Waals surface area contributed by atoms with Crippen LogP contribution in [-0.4, -0.2) is 51.3 Å². The van der Waals surface area contributed by atoms with Crippen LogP contribution >= 0.6 is 11.8 Å². The Bertz CT molecular complexity index is 1600. The number of benzene rings is 3. The highest BCUT2D eigenvalue weighted by Crippen LogP contribution is 2.31. The third kappa shape index (κ3) is 6.74. The van der Waals surface area contributed by atoms with Crippen molar-refractivity contribution in [2.75, 3.05) is 17.8 Å². The van der Waals surface area contributed by atoms with Crippen LogP contribution in [0.5, 0.6) is 11.5 Å². The number of rotatable bonds is 7. The van der Waals surface area contributed by atoms with Gasteiger partial charge in [0.1, 0.15) is 17.8 Å². The molecule has 210 valence electrons. The quantitative estimate of drug-likeness (QED) is 0.196. The molecule has 0 bridgehead atoms. The van der Waals surface area contributed by atoms with Crippen molar-refractivity contribution in [3.05, 3.63) is 84.2 Å². The summed E-state index contributed by atoms with van der Waals surface area (Å²) in [5.74, 6) is 1.40. The maximum Gasteiger partial charge on any atom is 0.573 e. The standard InChI is InChI=1S/C28H23F3N6O3S/c1-18-15-23(39-2)11-12-24(18)37-25(38)13-14-41-27(37)34-33-16-19-3-5-20(6-4-19)26-32-17-36(35-26)21-7-9-22(10-8-21)40-28(29,30)31/h3-12,15-17H,13-14H2,1-2H3. The normalized spacial score (nSPS) is 15.1. The van der Waals surface area contributed by atoms with Crippen LogP contribution in [-0.2, 0) is 4.79 Å². The molecule has 1 saturated heterocycles. The van der Waals surface area contributed by atoms with Gasteiger partial charge in [-0.1, -0.05) is 36.0 Å². The van der Waals surface area contributed by atoms with Crippen LogP contribution in [0.4, 0.5) is 18.9 Å². The first-order valence-electron chi connectivity index (χ1n) is 12.3. The van der Waals surface area contributed by atoms with E-state index in [-0.39, 0.29) is 11.7 Å². The van der Waals surface area contributed by atoms with E-state index in [1.807, 2.05) is 43.3 Å². The van der Waals surface area contributed by atoms with E-state index in [0.717, 1.165) is 22.4 Å². The number of carbonyl (C=O) groups excluding carboxylic acids is 1. The van der Waals surface area contributed by atoms with Gasteiger partial charge in [-0.25, -0.2) is 9.67 Å². The Morgan fingerprint density at radius 2 is 1.76 bits per heavy atom. The third-order valence-corrected chi connectivity index (χ3v) is 6.91. The summed E-state index contributed by atoms with van der Waals surface area (Å²) in [7, 11) is 1.59. The number of aromatic nitrogens is 3. The first-order valence-corrected chi connectivity index (χ1v) is 13.3. The fourth-order valence-electron chi connectivity index (χ4n) is 4.01. The predicted molar refractivity (Wildman–Crippen MR) is 151 cm³/mol. The van der Waals surface area contributed by atoms with Gasteiger partial charge in [-0.05, 0) is 60.5 Å². The van der Waals surface area contributed by atoms with Crippen LogP contribution in [0.3, 0.4) is 0 Å². The van der Waals surface area contributed by atoms with Crippen LogP contribution in [0.25, 0.3) is 17.1 Å². The van der Waals surface area contributed by atoms with E-state index in [4.69, 9.17) is 4.74 Å². The molecular weight excluding hydrogens is 557 g/mol. The highest BCUT2D eigenvalue weighted by atomic mass is 32.2. The molecule has 1 amide bonds. The van der Waals surface area contributed by atoms with E-state index in [0.29, 0.717) is 34.6 Å². The number of alkyl halides is 3. The minimum atomic E-state index is -4.75. The molecule has 9 nitrogen and oxygen atoms in total. The Balaban J connectivity index is 1.28. The summed E-state index contributed by atoms with van der Waals surface area (Å²) >= 11 is 1.46. The van der Waals surface area contributed by atoms with Crippen LogP contribution in [0.2, 0.25) is 0 Å². The van der Waals surface area contributed by atoms with E-state index in [2.05, 4.69) is 25.0 Å². The van der Waals surface area contributed by atoms with Crippen LogP contribution in [0.1, 0.15) is 17.5 Å². The molecule has 1 aliphatic rings. The molecule has 0 spiro atoms. The maximum atomic E-state index is 12.8. The average molecular weight is 581 g/mol. The number of aryl methyl sites for hydroxylation is 1. The van der Waals surface area contributed by atoms with Crippen molar-refractivity contribution in [1.82, 2.24) is 14.8 Å². The number of carbonyl (C=O) groups is 1. The zero-order valence-electron chi connectivity index (χ0n) is 21.9. The van der Waals surface area contributed by atoms with E-state index in [1.54, 1.807) is 24.3 Å². The first kappa shape index (κ1) is 27.9. The van der Waals surface area contributed by atoms with Gasteiger partial charge in [0, 0.05) is 17.7 Å². The zero-order valence-corrected chi connectivity index (χ0v) is 22.7. The van der Waals surface area contributed by atoms with Crippen molar-refractivity contribution in [2.24, 2.45) is 10.2 Å². The number of hydrogen-bond donors (Lipinski definition) is 0. The van der Waals surface area contributed by atoms with Gasteiger partial charge in [0.2, 0.25) is 5.91 Å². The van der Waals surface area contributed by atoms with Gasteiger partial charge in [0.05, 0.1) is 24.7 Å². The fourth-order valence-corrected chi connectivity index (χ4v) is 4.91. The fraction of sp³-hybridized carbons (Fsp3) is 0.179. The molecule has 0 saturated carbocycles. The zero-order chi connectivity index (χ0) is 29.0. The molecule has 2 heterocycles. The smallest absolute Gasteiger partial charge is 0.497 e. The number of halogens is 3. The molecule has 0 aliphatic carbocycles. The van der Waals surface area contributed by atoms with Gasteiger partial charge in [0.15, 0.2) is 11.0 Å². The molecule has 0 atom stereocenters. The summed E-state index contributed by atoms with van der Waals surface area (Å²) in [5, 5.41) is 13.5. The number of thioether (sulfide) groups is 1. The van der Waals surface area contributed by atoms with E-state index in [9.17, 15) is 18.0 Å². The molecule has 0 N–H and O–H groups in total. The molecule has 1 aliphatic heterocycles. The van der Waals surface area contributed by atoms with Gasteiger partial charge in [-0.2, -0.15) is 5.10 Å². The van der Waals surface area contributed by atoms with Crippen molar-refractivity contribution >= 4 is 34.7 Å². The van der Waals surface area contributed by atoms with Crippen LogP contribution in [0.15, 0.2) is 83.3 Å². The second-order valence-electron chi connectivity index (χ2n) is 8.78. The molecule has 41 heavy (non-hydrogen) atoms. The number of ether oxygens (including phenoxy) is 2. The summed E-state index contributed by atoms with van der Waals surface area (Å²) in [6.45, 7) is 1.91. The lowest BCUT2D eigenvalue weighted by atomic mass is 10.1. The summed E-state index contributed by atoms with van der Waals surface area (Å²) in [6, 6.07) is 18.1. The number of anilines is 1. The number of hydrogen-bond acceptors (Lipinski definition) is 8. The number of amidine groups is 1. The van der Waals surface area contributed by atoms with Crippen molar-refractivity contribution in [1.29, 1.82) is 0 Å². The molecule has 0 radical (unpaired) electrons. The molecular formula is C28H23F3N6O3S. The van der Waals surface area contributed by atoms with Crippen LogP contribution < -0.4 is 14.4 Å². The topological polar surface area (TPSA) is 94.2 Å². The monoisotopic (exact) mass is 580 g/mol. The second-order valence-corrected chi connectivity index (χ2v) is 9.85. The Morgan fingerprint density at radius 1 is 1.02 bits per heavy atom. The van der Waals surface area contributed by atoms with Crippen molar-refractivity contribution in [3.63, 3.8) is 0 Å². The number of amides is 1. The summed E-state index contributed by atoms with van der Waals surface area (Å²) < 4.78 is 47.8. The van der Waals surface area contributed by atoms with Crippen LogP contribution in [0, 0.1) is 6.92 Å².